The van der Waals surface area contributed by atoms with Crippen molar-refractivity contribution in [2.24, 2.45) is 11.8 Å². The standard InChI is InChI=1S/C26H25NO2/c1-3-16-23-17-10-4-6-12-19(17)24(20-13-7-5-11-18(20)23)25(16)26(28)27-21-14-8-9-15-22(21)29-2/h4-16,23-25H,3H2,1-2H3,(H,27,28)/t16-,23?,24?,25+/m1/s1. The van der Waals surface area contributed by atoms with E-state index in [4.69, 9.17) is 4.74 Å². The van der Waals surface area contributed by atoms with Gasteiger partial charge in [-0.3, -0.25) is 4.79 Å². The largest absolute Gasteiger partial charge is 0.495 e. The maximum Gasteiger partial charge on any atom is 0.228 e. The van der Waals surface area contributed by atoms with Gasteiger partial charge < -0.3 is 10.1 Å². The van der Waals surface area contributed by atoms with Crippen LogP contribution in [0.15, 0.2) is 72.8 Å². The summed E-state index contributed by atoms with van der Waals surface area (Å²) in [6, 6.07) is 25.0. The maximum atomic E-state index is 13.6. The van der Waals surface area contributed by atoms with E-state index in [2.05, 4.69) is 60.8 Å². The molecule has 3 nitrogen and oxygen atoms in total. The van der Waals surface area contributed by atoms with Crippen LogP contribution in [0, 0.1) is 11.8 Å². The number of para-hydroxylation sites is 2. The summed E-state index contributed by atoms with van der Waals surface area (Å²) < 4.78 is 5.45. The van der Waals surface area contributed by atoms with Gasteiger partial charge >= 0.3 is 0 Å². The first-order valence-electron chi connectivity index (χ1n) is 10.4. The molecule has 2 atom stereocenters. The van der Waals surface area contributed by atoms with Gasteiger partial charge in [0.15, 0.2) is 0 Å². The van der Waals surface area contributed by atoms with Crippen LogP contribution in [-0.2, 0) is 4.79 Å². The van der Waals surface area contributed by atoms with E-state index >= 15 is 0 Å². The molecule has 6 rings (SSSR count). The van der Waals surface area contributed by atoms with Gasteiger partial charge in [-0.15, -0.1) is 0 Å². The van der Waals surface area contributed by atoms with Gasteiger partial charge in [0.05, 0.1) is 18.7 Å². The van der Waals surface area contributed by atoms with Crippen LogP contribution in [0.1, 0.15) is 47.4 Å². The fraction of sp³-hybridized carbons (Fsp3) is 0.269. The van der Waals surface area contributed by atoms with Crippen molar-refractivity contribution in [3.63, 3.8) is 0 Å². The van der Waals surface area contributed by atoms with Crippen molar-refractivity contribution in [2.45, 2.75) is 25.2 Å². The van der Waals surface area contributed by atoms with Crippen LogP contribution in [0.25, 0.3) is 0 Å². The van der Waals surface area contributed by atoms with Gasteiger partial charge in [-0.2, -0.15) is 0 Å². The zero-order chi connectivity index (χ0) is 20.0. The normalized spacial score (nSPS) is 23.8. The molecule has 0 spiro atoms. The van der Waals surface area contributed by atoms with Crippen LogP contribution in [-0.4, -0.2) is 13.0 Å². The minimum absolute atomic E-state index is 0.0837. The topological polar surface area (TPSA) is 38.3 Å². The van der Waals surface area contributed by atoms with Gasteiger partial charge in [-0.25, -0.2) is 0 Å². The summed E-state index contributed by atoms with van der Waals surface area (Å²) >= 11 is 0. The van der Waals surface area contributed by atoms with Crippen molar-refractivity contribution in [3.8, 4) is 5.75 Å². The lowest BCUT2D eigenvalue weighted by Gasteiger charge is -2.50. The zero-order valence-corrected chi connectivity index (χ0v) is 16.8. The van der Waals surface area contributed by atoms with Gasteiger partial charge in [0, 0.05) is 11.8 Å². The van der Waals surface area contributed by atoms with Gasteiger partial charge in [-0.1, -0.05) is 74.0 Å². The third-order valence-electron chi connectivity index (χ3n) is 6.72. The summed E-state index contributed by atoms with van der Waals surface area (Å²) in [5, 5.41) is 3.18. The van der Waals surface area contributed by atoms with Gasteiger partial charge in [0.1, 0.15) is 5.75 Å². The Balaban J connectivity index is 1.61. The van der Waals surface area contributed by atoms with E-state index in [1.807, 2.05) is 24.3 Å². The molecule has 3 aromatic carbocycles. The summed E-state index contributed by atoms with van der Waals surface area (Å²) in [7, 11) is 1.63. The van der Waals surface area contributed by atoms with E-state index in [9.17, 15) is 4.79 Å². The van der Waals surface area contributed by atoms with Crippen LogP contribution in [0.5, 0.6) is 5.75 Å². The highest BCUT2D eigenvalue weighted by Crippen LogP contribution is 2.59. The molecule has 0 aromatic heterocycles. The maximum absolute atomic E-state index is 13.6. The Bertz CT molecular complexity index is 1030. The van der Waals surface area contributed by atoms with E-state index in [1.54, 1.807) is 7.11 Å². The highest BCUT2D eigenvalue weighted by Gasteiger charge is 2.51. The third kappa shape index (κ3) is 2.68. The van der Waals surface area contributed by atoms with Crippen LogP contribution < -0.4 is 10.1 Å². The summed E-state index contributed by atoms with van der Waals surface area (Å²) in [6.07, 6.45) is 0.966. The first kappa shape index (κ1) is 18.0. The van der Waals surface area contributed by atoms with E-state index < -0.39 is 0 Å². The Morgan fingerprint density at radius 2 is 1.34 bits per heavy atom. The number of hydrogen-bond donors (Lipinski definition) is 1. The zero-order valence-electron chi connectivity index (χ0n) is 16.8. The second kappa shape index (κ2) is 7.07. The number of hydrogen-bond acceptors (Lipinski definition) is 2. The molecule has 0 heterocycles. The van der Waals surface area contributed by atoms with E-state index in [0.717, 1.165) is 12.1 Å². The minimum atomic E-state index is -0.0975. The molecule has 1 amide bonds. The van der Waals surface area contributed by atoms with Crippen LogP contribution in [0.2, 0.25) is 0 Å². The van der Waals surface area contributed by atoms with Gasteiger partial charge in [-0.05, 0) is 40.3 Å². The molecule has 3 aliphatic rings. The molecule has 3 aromatic rings. The Labute approximate surface area is 171 Å². The van der Waals surface area contributed by atoms with Crippen molar-refractivity contribution in [3.05, 3.63) is 95.1 Å². The van der Waals surface area contributed by atoms with Crippen LogP contribution in [0.4, 0.5) is 5.69 Å². The Hall–Kier alpha value is -3.07. The molecule has 0 radical (unpaired) electrons. The molecule has 1 N–H and O–H groups in total. The molecular formula is C26H25NO2. The molecule has 0 unspecified atom stereocenters. The minimum Gasteiger partial charge on any atom is -0.495 e. The molecule has 146 valence electrons. The number of amides is 1. The second-order valence-electron chi connectivity index (χ2n) is 8.00. The molecule has 0 aliphatic heterocycles. The molecular weight excluding hydrogens is 358 g/mol. The number of fused-ring (bicyclic) bond motifs is 1. The summed E-state index contributed by atoms with van der Waals surface area (Å²) in [5.41, 5.74) is 6.13. The van der Waals surface area contributed by atoms with E-state index in [-0.39, 0.29) is 29.6 Å². The lowest BCUT2D eigenvalue weighted by molar-refractivity contribution is -0.122. The highest BCUT2D eigenvalue weighted by atomic mass is 16.5. The van der Waals surface area contributed by atoms with E-state index in [0.29, 0.717) is 5.75 Å². The van der Waals surface area contributed by atoms with Crippen molar-refractivity contribution in [1.29, 1.82) is 0 Å². The quantitative estimate of drug-likeness (QED) is 0.640. The predicted molar refractivity (Wildman–Crippen MR) is 115 cm³/mol. The molecule has 0 saturated carbocycles. The van der Waals surface area contributed by atoms with Crippen molar-refractivity contribution < 1.29 is 9.53 Å². The van der Waals surface area contributed by atoms with Crippen molar-refractivity contribution in [1.82, 2.24) is 0 Å². The lowest BCUT2D eigenvalue weighted by atomic mass is 9.53. The monoisotopic (exact) mass is 383 g/mol. The number of carbonyl (C=O) groups is 1. The fourth-order valence-electron chi connectivity index (χ4n) is 5.59. The van der Waals surface area contributed by atoms with Gasteiger partial charge in [0.2, 0.25) is 5.91 Å². The Morgan fingerprint density at radius 3 is 1.90 bits per heavy atom. The number of rotatable bonds is 4. The highest BCUT2D eigenvalue weighted by molar-refractivity contribution is 5.96. The third-order valence-corrected chi connectivity index (χ3v) is 6.72. The molecule has 0 fully saturated rings. The average molecular weight is 383 g/mol. The smallest absolute Gasteiger partial charge is 0.228 e. The number of ether oxygens (including phenoxy) is 1. The average Bonchev–Trinajstić information content (AvgIpc) is 2.78. The summed E-state index contributed by atoms with van der Waals surface area (Å²) in [4.78, 5) is 13.6. The number of nitrogens with one attached hydrogen (secondary N) is 1. The first-order chi connectivity index (χ1) is 14.2. The number of carbonyl (C=O) groups excluding carboxylic acids is 1. The molecule has 0 saturated heterocycles. The second-order valence-corrected chi connectivity index (χ2v) is 8.00. The summed E-state index contributed by atoms with van der Waals surface area (Å²) in [5.74, 6) is 1.31. The SMILES string of the molecule is CC[C@@H]1C2c3ccccc3C(c3ccccc32)[C@H]1C(=O)Nc1ccccc1OC. The molecule has 29 heavy (non-hydrogen) atoms. The van der Waals surface area contributed by atoms with Crippen molar-refractivity contribution in [2.75, 3.05) is 12.4 Å². The Morgan fingerprint density at radius 1 is 0.828 bits per heavy atom. The number of benzene rings is 3. The number of anilines is 1. The first-order valence-corrected chi connectivity index (χ1v) is 10.4. The lowest BCUT2D eigenvalue weighted by Crippen LogP contribution is -2.45. The van der Waals surface area contributed by atoms with E-state index in [1.165, 1.54) is 22.3 Å². The molecule has 2 bridgehead atoms. The molecule has 3 aliphatic carbocycles. The Kier molecular flexibility index (Phi) is 4.39. The fourth-order valence-corrected chi connectivity index (χ4v) is 5.59. The summed E-state index contributed by atoms with van der Waals surface area (Å²) in [6.45, 7) is 2.21. The number of methoxy groups -OCH3 is 1. The van der Waals surface area contributed by atoms with Crippen LogP contribution >= 0.6 is 0 Å². The molecule has 3 heteroatoms. The predicted octanol–water partition coefficient (Wildman–Crippen LogP) is 5.57. The van der Waals surface area contributed by atoms with Crippen LogP contribution in [0.3, 0.4) is 0 Å². The van der Waals surface area contributed by atoms with Gasteiger partial charge in [0.25, 0.3) is 0 Å². The van der Waals surface area contributed by atoms with Crippen molar-refractivity contribution >= 4 is 11.6 Å².